The molecule has 3 aromatic rings. The number of anilines is 1. The molecule has 0 N–H and O–H groups in total. The van der Waals surface area contributed by atoms with Crippen LogP contribution in [0.4, 0.5) is 5.13 Å². The normalized spacial score (nSPS) is 11.3. The van der Waals surface area contributed by atoms with E-state index < -0.39 is 0 Å². The van der Waals surface area contributed by atoms with E-state index in [0.717, 1.165) is 12.0 Å². The highest BCUT2D eigenvalue weighted by molar-refractivity contribution is 7.18. The molecule has 3 rings (SSSR count). The van der Waals surface area contributed by atoms with Gasteiger partial charge in [-0.3, -0.25) is 9.69 Å². The number of aromatic nitrogens is 2. The van der Waals surface area contributed by atoms with Crippen LogP contribution in [0.2, 0.25) is 0 Å². The summed E-state index contributed by atoms with van der Waals surface area (Å²) in [6.07, 6.45) is 0.813. The maximum Gasteiger partial charge on any atom is 0.260 e. The van der Waals surface area contributed by atoms with Gasteiger partial charge < -0.3 is 9.47 Å². The van der Waals surface area contributed by atoms with Gasteiger partial charge in [0, 0.05) is 23.7 Å². The van der Waals surface area contributed by atoms with Gasteiger partial charge in [0.1, 0.15) is 16.5 Å². The minimum absolute atomic E-state index is 0.0383. The molecule has 1 heterocycles. The first-order valence-corrected chi connectivity index (χ1v) is 11.1. The molecule has 164 valence electrons. The lowest BCUT2D eigenvalue weighted by atomic mass is 9.86. The Morgan fingerprint density at radius 1 is 1.00 bits per heavy atom. The highest BCUT2D eigenvalue weighted by Crippen LogP contribution is 2.34. The van der Waals surface area contributed by atoms with Crippen LogP contribution in [0, 0.1) is 0 Å². The van der Waals surface area contributed by atoms with Crippen LogP contribution in [0.3, 0.4) is 0 Å². The zero-order valence-electron chi connectivity index (χ0n) is 18.9. The van der Waals surface area contributed by atoms with Crippen LogP contribution in [0.5, 0.6) is 11.5 Å². The predicted octanol–water partition coefficient (Wildman–Crippen LogP) is 5.58. The van der Waals surface area contributed by atoms with E-state index in [4.69, 9.17) is 9.47 Å². The maximum atomic E-state index is 13.3. The van der Waals surface area contributed by atoms with Gasteiger partial charge in [-0.1, -0.05) is 51.2 Å². The van der Waals surface area contributed by atoms with Crippen molar-refractivity contribution < 1.29 is 14.3 Å². The second kappa shape index (κ2) is 9.47. The second-order valence-electron chi connectivity index (χ2n) is 8.28. The summed E-state index contributed by atoms with van der Waals surface area (Å²) in [5.41, 5.74) is 2.70. The number of carbonyl (C=O) groups is 1. The van der Waals surface area contributed by atoms with Crippen molar-refractivity contribution in [1.29, 1.82) is 0 Å². The number of amides is 1. The third-order valence-corrected chi connectivity index (χ3v) is 5.93. The van der Waals surface area contributed by atoms with E-state index in [1.807, 2.05) is 43.3 Å². The minimum atomic E-state index is -0.0757. The second-order valence-corrected chi connectivity index (χ2v) is 9.23. The standard InChI is InChI=1S/C24H29N3O3S/c1-7-12-27(22(28)16-8-10-18(11-9-16)24(2,3)4)23-26-25-21(31-23)17-13-19(29-5)15-20(14-17)30-6/h8-11,13-15H,7,12H2,1-6H3. The molecule has 7 heteroatoms. The average Bonchev–Trinajstić information content (AvgIpc) is 3.26. The topological polar surface area (TPSA) is 64.6 Å². The van der Waals surface area contributed by atoms with Crippen LogP contribution in [0.25, 0.3) is 10.6 Å². The summed E-state index contributed by atoms with van der Waals surface area (Å²) in [5, 5.41) is 9.92. The molecular weight excluding hydrogens is 410 g/mol. The average molecular weight is 440 g/mol. The molecule has 0 radical (unpaired) electrons. The van der Waals surface area contributed by atoms with E-state index in [9.17, 15) is 4.79 Å². The molecule has 0 aliphatic rings. The van der Waals surface area contributed by atoms with Gasteiger partial charge in [-0.25, -0.2) is 0 Å². The number of ether oxygens (including phenoxy) is 2. The van der Waals surface area contributed by atoms with Crippen LogP contribution in [0.1, 0.15) is 50.0 Å². The van der Waals surface area contributed by atoms with Crippen LogP contribution in [0.15, 0.2) is 42.5 Å². The van der Waals surface area contributed by atoms with E-state index in [1.165, 1.54) is 16.9 Å². The lowest BCUT2D eigenvalue weighted by Crippen LogP contribution is -2.31. The molecule has 0 spiro atoms. The zero-order valence-corrected chi connectivity index (χ0v) is 19.7. The Kier molecular flexibility index (Phi) is 6.95. The summed E-state index contributed by atoms with van der Waals surface area (Å²) in [6.45, 7) is 9.07. The fourth-order valence-corrected chi connectivity index (χ4v) is 4.00. The van der Waals surface area contributed by atoms with E-state index in [0.29, 0.717) is 33.7 Å². The molecule has 0 unspecified atom stereocenters. The molecule has 0 saturated carbocycles. The van der Waals surface area contributed by atoms with Crippen molar-refractivity contribution in [3.8, 4) is 22.1 Å². The molecule has 1 aromatic heterocycles. The Balaban J connectivity index is 1.91. The predicted molar refractivity (Wildman–Crippen MR) is 126 cm³/mol. The molecule has 2 aromatic carbocycles. The van der Waals surface area contributed by atoms with Crippen LogP contribution in [-0.2, 0) is 5.41 Å². The summed E-state index contributed by atoms with van der Waals surface area (Å²) in [4.78, 5) is 15.0. The van der Waals surface area contributed by atoms with Crippen molar-refractivity contribution in [3.05, 3.63) is 53.6 Å². The molecule has 0 aliphatic heterocycles. The van der Waals surface area contributed by atoms with Crippen LogP contribution in [-0.4, -0.2) is 36.9 Å². The van der Waals surface area contributed by atoms with Crippen molar-refractivity contribution in [2.24, 2.45) is 0 Å². The summed E-state index contributed by atoms with van der Waals surface area (Å²) in [5.74, 6) is 1.27. The van der Waals surface area contributed by atoms with Crippen LogP contribution < -0.4 is 14.4 Å². The molecular formula is C24H29N3O3S. The number of carbonyl (C=O) groups excluding carboxylic acids is 1. The largest absolute Gasteiger partial charge is 0.497 e. The Morgan fingerprint density at radius 2 is 1.61 bits per heavy atom. The van der Waals surface area contributed by atoms with Crippen molar-refractivity contribution in [1.82, 2.24) is 10.2 Å². The minimum Gasteiger partial charge on any atom is -0.497 e. The number of rotatable bonds is 7. The highest BCUT2D eigenvalue weighted by atomic mass is 32.1. The highest BCUT2D eigenvalue weighted by Gasteiger charge is 2.22. The molecule has 1 amide bonds. The third-order valence-electron chi connectivity index (χ3n) is 4.93. The van der Waals surface area contributed by atoms with Gasteiger partial charge in [0.05, 0.1) is 14.2 Å². The van der Waals surface area contributed by atoms with Gasteiger partial charge in [0.15, 0.2) is 0 Å². The number of hydrogen-bond acceptors (Lipinski definition) is 6. The summed E-state index contributed by atoms with van der Waals surface area (Å²) in [6, 6.07) is 13.4. The first kappa shape index (κ1) is 22.7. The van der Waals surface area contributed by atoms with Crippen molar-refractivity contribution >= 4 is 22.4 Å². The number of methoxy groups -OCH3 is 2. The summed E-state index contributed by atoms with van der Waals surface area (Å²) >= 11 is 1.37. The van der Waals surface area contributed by atoms with Crippen molar-refractivity contribution in [2.75, 3.05) is 25.7 Å². The van der Waals surface area contributed by atoms with E-state index in [2.05, 4.69) is 31.0 Å². The maximum absolute atomic E-state index is 13.3. The first-order chi connectivity index (χ1) is 14.8. The molecule has 0 bridgehead atoms. The Hall–Kier alpha value is -2.93. The Morgan fingerprint density at radius 3 is 2.13 bits per heavy atom. The van der Waals surface area contributed by atoms with E-state index >= 15 is 0 Å². The van der Waals surface area contributed by atoms with E-state index in [-0.39, 0.29) is 11.3 Å². The quantitative estimate of drug-likeness (QED) is 0.481. The molecule has 0 atom stereocenters. The monoisotopic (exact) mass is 439 g/mol. The van der Waals surface area contributed by atoms with Crippen LogP contribution >= 0.6 is 11.3 Å². The third kappa shape index (κ3) is 5.22. The van der Waals surface area contributed by atoms with Gasteiger partial charge in [-0.2, -0.15) is 0 Å². The lowest BCUT2D eigenvalue weighted by molar-refractivity contribution is 0.0986. The van der Waals surface area contributed by atoms with Gasteiger partial charge >= 0.3 is 0 Å². The summed E-state index contributed by atoms with van der Waals surface area (Å²) < 4.78 is 10.7. The van der Waals surface area contributed by atoms with Gasteiger partial charge in [-0.15, -0.1) is 10.2 Å². The molecule has 0 fully saturated rings. The molecule has 6 nitrogen and oxygen atoms in total. The summed E-state index contributed by atoms with van der Waals surface area (Å²) in [7, 11) is 3.22. The van der Waals surface area contributed by atoms with Crippen molar-refractivity contribution in [2.45, 2.75) is 39.5 Å². The molecule has 0 aliphatic carbocycles. The Labute approximate surface area is 187 Å². The smallest absolute Gasteiger partial charge is 0.260 e. The lowest BCUT2D eigenvalue weighted by Gasteiger charge is -2.21. The van der Waals surface area contributed by atoms with Crippen molar-refractivity contribution in [3.63, 3.8) is 0 Å². The van der Waals surface area contributed by atoms with E-state index in [1.54, 1.807) is 25.2 Å². The Bertz CT molecular complexity index is 1020. The number of benzene rings is 2. The van der Waals surface area contributed by atoms with Gasteiger partial charge in [0.2, 0.25) is 5.13 Å². The fourth-order valence-electron chi connectivity index (χ4n) is 3.15. The fraction of sp³-hybridized carbons (Fsp3) is 0.375. The zero-order chi connectivity index (χ0) is 22.6. The van der Waals surface area contributed by atoms with Gasteiger partial charge in [0.25, 0.3) is 5.91 Å². The SMILES string of the molecule is CCCN(C(=O)c1ccc(C(C)(C)C)cc1)c1nnc(-c2cc(OC)cc(OC)c2)s1. The molecule has 31 heavy (non-hydrogen) atoms. The first-order valence-electron chi connectivity index (χ1n) is 10.3. The molecule has 0 saturated heterocycles. The number of nitrogens with zero attached hydrogens (tertiary/aromatic N) is 3. The number of hydrogen-bond donors (Lipinski definition) is 0. The van der Waals surface area contributed by atoms with Gasteiger partial charge in [-0.05, 0) is 41.7 Å².